The number of nitrogens with two attached hydrogens (primary N) is 1. The highest BCUT2D eigenvalue weighted by molar-refractivity contribution is 7.07. The molecule has 0 saturated heterocycles. The van der Waals surface area contributed by atoms with E-state index in [-0.39, 0.29) is 6.04 Å². The fourth-order valence-corrected chi connectivity index (χ4v) is 2.77. The van der Waals surface area contributed by atoms with Gasteiger partial charge in [0.15, 0.2) is 0 Å². The summed E-state index contributed by atoms with van der Waals surface area (Å²) in [5.41, 5.74) is 6.51. The number of hydrogen-bond donors (Lipinski definition) is 2. The zero-order chi connectivity index (χ0) is 13.0. The monoisotopic (exact) mass is 264 g/mol. The molecular formula is C13H20N4S. The van der Waals surface area contributed by atoms with Gasteiger partial charge in [0.1, 0.15) is 0 Å². The van der Waals surface area contributed by atoms with Gasteiger partial charge in [0, 0.05) is 6.54 Å². The van der Waals surface area contributed by atoms with Gasteiger partial charge >= 0.3 is 0 Å². The van der Waals surface area contributed by atoms with Crippen LogP contribution in [-0.2, 0) is 19.4 Å². The quantitative estimate of drug-likeness (QED) is 0.621. The van der Waals surface area contributed by atoms with E-state index in [1.807, 2.05) is 4.68 Å². The SMILES string of the molecule is CCc1cc(C(Cc2ccsc2)NN)n(CC)n1. The second-order valence-electron chi connectivity index (χ2n) is 4.28. The topological polar surface area (TPSA) is 55.9 Å². The molecule has 4 nitrogen and oxygen atoms in total. The molecule has 0 aromatic carbocycles. The molecule has 2 aromatic heterocycles. The lowest BCUT2D eigenvalue weighted by molar-refractivity contribution is 0.490. The van der Waals surface area contributed by atoms with Crippen molar-refractivity contribution in [2.75, 3.05) is 0 Å². The molecule has 2 aromatic rings. The zero-order valence-electron chi connectivity index (χ0n) is 10.9. The van der Waals surface area contributed by atoms with E-state index in [2.05, 4.69) is 47.3 Å². The van der Waals surface area contributed by atoms with Crippen LogP contribution in [0.5, 0.6) is 0 Å². The molecule has 18 heavy (non-hydrogen) atoms. The predicted octanol–water partition coefficient (Wildman–Crippen LogP) is 2.27. The molecule has 0 aliphatic carbocycles. The molecular weight excluding hydrogens is 244 g/mol. The average molecular weight is 264 g/mol. The lowest BCUT2D eigenvalue weighted by Gasteiger charge is -2.16. The van der Waals surface area contributed by atoms with Gasteiger partial charge in [0.2, 0.25) is 0 Å². The van der Waals surface area contributed by atoms with E-state index in [1.54, 1.807) is 11.3 Å². The van der Waals surface area contributed by atoms with Gasteiger partial charge in [-0.25, -0.2) is 0 Å². The van der Waals surface area contributed by atoms with Crippen LogP contribution < -0.4 is 11.3 Å². The lowest BCUT2D eigenvalue weighted by Crippen LogP contribution is -2.31. The Hall–Kier alpha value is -1.17. The second-order valence-corrected chi connectivity index (χ2v) is 5.06. The number of aromatic nitrogens is 2. The molecule has 5 heteroatoms. The number of nitrogens with one attached hydrogen (secondary N) is 1. The maximum atomic E-state index is 5.71. The van der Waals surface area contributed by atoms with Gasteiger partial charge in [0.25, 0.3) is 0 Å². The van der Waals surface area contributed by atoms with E-state index in [1.165, 1.54) is 11.3 Å². The van der Waals surface area contributed by atoms with Gasteiger partial charge in [-0.2, -0.15) is 16.4 Å². The van der Waals surface area contributed by atoms with Gasteiger partial charge in [-0.1, -0.05) is 6.92 Å². The van der Waals surface area contributed by atoms with E-state index in [4.69, 9.17) is 5.84 Å². The average Bonchev–Trinajstić information content (AvgIpc) is 3.04. The third kappa shape index (κ3) is 2.80. The summed E-state index contributed by atoms with van der Waals surface area (Å²) in [4.78, 5) is 0. The molecule has 0 bridgehead atoms. The van der Waals surface area contributed by atoms with Crippen molar-refractivity contribution in [1.29, 1.82) is 0 Å². The first-order valence-electron chi connectivity index (χ1n) is 6.32. The number of hydrazine groups is 1. The summed E-state index contributed by atoms with van der Waals surface area (Å²) in [5.74, 6) is 5.71. The molecule has 0 fully saturated rings. The minimum absolute atomic E-state index is 0.118. The minimum atomic E-state index is 0.118. The number of hydrogen-bond acceptors (Lipinski definition) is 4. The maximum absolute atomic E-state index is 5.71. The van der Waals surface area contributed by atoms with Crippen LogP contribution in [0.2, 0.25) is 0 Å². The van der Waals surface area contributed by atoms with Crippen molar-refractivity contribution >= 4 is 11.3 Å². The summed E-state index contributed by atoms with van der Waals surface area (Å²) in [5, 5.41) is 8.83. The number of rotatable bonds is 6. The lowest BCUT2D eigenvalue weighted by atomic mass is 10.1. The molecule has 98 valence electrons. The molecule has 0 radical (unpaired) electrons. The highest BCUT2D eigenvalue weighted by atomic mass is 32.1. The van der Waals surface area contributed by atoms with Gasteiger partial charge in [-0.3, -0.25) is 16.0 Å². The summed E-state index contributed by atoms with van der Waals surface area (Å²) in [6.07, 6.45) is 1.85. The van der Waals surface area contributed by atoms with E-state index in [9.17, 15) is 0 Å². The zero-order valence-corrected chi connectivity index (χ0v) is 11.7. The first kappa shape index (κ1) is 13.3. The standard InChI is InChI=1S/C13H20N4S/c1-3-11-8-13(17(4-2)16-11)12(15-14)7-10-5-6-18-9-10/h5-6,8-9,12,15H,3-4,7,14H2,1-2H3. The third-order valence-corrected chi connectivity index (χ3v) is 3.83. The van der Waals surface area contributed by atoms with Crippen LogP contribution in [0, 0.1) is 0 Å². The van der Waals surface area contributed by atoms with Crippen LogP contribution in [0.4, 0.5) is 0 Å². The Bertz CT molecular complexity index is 475. The Morgan fingerprint density at radius 3 is 2.89 bits per heavy atom. The van der Waals surface area contributed by atoms with Crippen LogP contribution in [0.15, 0.2) is 22.9 Å². The Balaban J connectivity index is 2.23. The molecule has 0 aliphatic rings. The van der Waals surface area contributed by atoms with Crippen molar-refractivity contribution in [2.45, 2.75) is 39.3 Å². The second kappa shape index (κ2) is 6.13. The van der Waals surface area contributed by atoms with Crippen LogP contribution in [0.3, 0.4) is 0 Å². The maximum Gasteiger partial charge on any atom is 0.0669 e. The van der Waals surface area contributed by atoms with Crippen LogP contribution in [0.25, 0.3) is 0 Å². The van der Waals surface area contributed by atoms with Crippen molar-refractivity contribution in [2.24, 2.45) is 5.84 Å². The van der Waals surface area contributed by atoms with Crippen molar-refractivity contribution < 1.29 is 0 Å². The van der Waals surface area contributed by atoms with Gasteiger partial charge in [0.05, 0.1) is 17.4 Å². The Kier molecular flexibility index (Phi) is 4.52. The molecule has 0 aliphatic heterocycles. The smallest absolute Gasteiger partial charge is 0.0669 e. The first-order chi connectivity index (χ1) is 8.78. The Morgan fingerprint density at radius 1 is 1.50 bits per heavy atom. The van der Waals surface area contributed by atoms with Crippen molar-refractivity contribution in [3.05, 3.63) is 39.8 Å². The summed E-state index contributed by atoms with van der Waals surface area (Å²) < 4.78 is 2.04. The van der Waals surface area contributed by atoms with E-state index in [0.717, 1.165) is 25.1 Å². The van der Waals surface area contributed by atoms with Crippen molar-refractivity contribution in [3.63, 3.8) is 0 Å². The van der Waals surface area contributed by atoms with Gasteiger partial charge < -0.3 is 0 Å². The van der Waals surface area contributed by atoms with Gasteiger partial charge in [-0.15, -0.1) is 0 Å². The van der Waals surface area contributed by atoms with Crippen LogP contribution in [0.1, 0.15) is 36.8 Å². The largest absolute Gasteiger partial charge is 0.271 e. The first-order valence-corrected chi connectivity index (χ1v) is 7.26. The molecule has 2 rings (SSSR count). The van der Waals surface area contributed by atoms with Crippen molar-refractivity contribution in [3.8, 4) is 0 Å². The normalized spacial score (nSPS) is 12.8. The van der Waals surface area contributed by atoms with Gasteiger partial charge in [-0.05, 0) is 48.2 Å². The molecule has 1 atom stereocenters. The fraction of sp³-hybridized carbons (Fsp3) is 0.462. The summed E-state index contributed by atoms with van der Waals surface area (Å²) in [6, 6.07) is 4.41. The molecule has 0 amide bonds. The van der Waals surface area contributed by atoms with E-state index in [0.29, 0.717) is 0 Å². The molecule has 1 unspecified atom stereocenters. The Morgan fingerprint density at radius 2 is 2.33 bits per heavy atom. The predicted molar refractivity (Wildman–Crippen MR) is 75.4 cm³/mol. The highest BCUT2D eigenvalue weighted by Crippen LogP contribution is 2.20. The molecule has 0 spiro atoms. The van der Waals surface area contributed by atoms with Crippen LogP contribution in [-0.4, -0.2) is 9.78 Å². The summed E-state index contributed by atoms with van der Waals surface area (Å²) in [6.45, 7) is 5.10. The number of nitrogens with zero attached hydrogens (tertiary/aromatic N) is 2. The Labute approximate surface area is 112 Å². The molecule has 2 heterocycles. The van der Waals surface area contributed by atoms with E-state index >= 15 is 0 Å². The number of aryl methyl sites for hydroxylation is 2. The van der Waals surface area contributed by atoms with Crippen LogP contribution >= 0.6 is 11.3 Å². The highest BCUT2D eigenvalue weighted by Gasteiger charge is 2.17. The third-order valence-electron chi connectivity index (χ3n) is 3.10. The number of thiophene rings is 1. The fourth-order valence-electron chi connectivity index (χ4n) is 2.09. The minimum Gasteiger partial charge on any atom is -0.271 e. The summed E-state index contributed by atoms with van der Waals surface area (Å²) in [7, 11) is 0. The molecule has 0 saturated carbocycles. The van der Waals surface area contributed by atoms with E-state index < -0.39 is 0 Å². The summed E-state index contributed by atoms with van der Waals surface area (Å²) >= 11 is 1.72. The molecule has 3 N–H and O–H groups in total. The van der Waals surface area contributed by atoms with Crippen molar-refractivity contribution in [1.82, 2.24) is 15.2 Å².